The van der Waals surface area contributed by atoms with E-state index in [2.05, 4.69) is 32.7 Å². The lowest BCUT2D eigenvalue weighted by Crippen LogP contribution is -2.53. The van der Waals surface area contributed by atoms with Gasteiger partial charge in [0.25, 0.3) is 0 Å². The fourth-order valence-corrected chi connectivity index (χ4v) is 4.07. The molecule has 1 fully saturated rings. The van der Waals surface area contributed by atoms with Gasteiger partial charge in [-0.15, -0.1) is 0 Å². The van der Waals surface area contributed by atoms with Crippen LogP contribution in [0.3, 0.4) is 0 Å². The van der Waals surface area contributed by atoms with Gasteiger partial charge in [-0.1, -0.05) is 18.2 Å². The first-order chi connectivity index (χ1) is 16.6. The predicted octanol–water partition coefficient (Wildman–Crippen LogP) is 3.19. The summed E-state index contributed by atoms with van der Waals surface area (Å²) in [7, 11) is 1.53. The third kappa shape index (κ3) is 5.84. The number of urea groups is 1. The third-order valence-corrected chi connectivity index (χ3v) is 6.00. The number of aromatic nitrogens is 2. The first kappa shape index (κ1) is 23.5. The molecule has 2 aromatic rings. The molecule has 180 valence electrons. The van der Waals surface area contributed by atoms with Crippen molar-refractivity contribution in [3.05, 3.63) is 53.4 Å². The van der Waals surface area contributed by atoms with E-state index in [1.807, 2.05) is 12.1 Å². The number of methoxy groups -OCH3 is 1. The summed E-state index contributed by atoms with van der Waals surface area (Å²) in [5.74, 6) is 1.33. The number of aryl methyl sites for hydroxylation is 1. The molecule has 2 amide bonds. The van der Waals surface area contributed by atoms with Gasteiger partial charge in [-0.05, 0) is 43.0 Å². The second kappa shape index (κ2) is 11.0. The van der Waals surface area contributed by atoms with E-state index >= 15 is 0 Å². The Bertz CT molecular complexity index is 1030. The molecule has 9 nitrogen and oxygen atoms in total. The molecular formula is C25H31N5O4. The Morgan fingerprint density at radius 3 is 2.88 bits per heavy atom. The van der Waals surface area contributed by atoms with Crippen molar-refractivity contribution in [1.82, 2.24) is 20.2 Å². The van der Waals surface area contributed by atoms with E-state index in [9.17, 15) is 9.59 Å². The Labute approximate surface area is 199 Å². The highest BCUT2D eigenvalue weighted by Crippen LogP contribution is 2.24. The monoisotopic (exact) mass is 465 g/mol. The predicted molar refractivity (Wildman–Crippen MR) is 128 cm³/mol. The van der Waals surface area contributed by atoms with Crippen molar-refractivity contribution < 1.29 is 19.1 Å². The van der Waals surface area contributed by atoms with Crippen LogP contribution in [0.2, 0.25) is 0 Å². The molecule has 1 saturated heterocycles. The summed E-state index contributed by atoms with van der Waals surface area (Å²) in [6, 6.07) is 6.91. The molecule has 0 saturated carbocycles. The molecule has 0 bridgehead atoms. The second-order valence-corrected chi connectivity index (χ2v) is 8.44. The number of nitrogens with zero attached hydrogens (tertiary/aromatic N) is 3. The van der Waals surface area contributed by atoms with E-state index in [4.69, 9.17) is 9.47 Å². The fraction of sp³-hybridized carbons (Fsp3) is 0.440. The average Bonchev–Trinajstić information content (AvgIpc) is 2.82. The van der Waals surface area contributed by atoms with Crippen LogP contribution in [0.15, 0.2) is 36.5 Å². The van der Waals surface area contributed by atoms with Gasteiger partial charge in [-0.3, -0.25) is 4.79 Å². The molecule has 9 heteroatoms. The van der Waals surface area contributed by atoms with Gasteiger partial charge in [0.1, 0.15) is 5.82 Å². The van der Waals surface area contributed by atoms with Gasteiger partial charge in [0, 0.05) is 37.8 Å². The summed E-state index contributed by atoms with van der Waals surface area (Å²) < 4.78 is 10.2. The van der Waals surface area contributed by atoms with Crippen molar-refractivity contribution in [3.8, 4) is 5.88 Å². The zero-order valence-corrected chi connectivity index (χ0v) is 19.6. The maximum Gasteiger partial charge on any atom is 0.317 e. The Morgan fingerprint density at radius 2 is 2.15 bits per heavy atom. The Hall–Kier alpha value is -3.62. The number of ether oxygens (including phenoxy) is 2. The van der Waals surface area contributed by atoms with E-state index in [0.717, 1.165) is 30.9 Å². The first-order valence-electron chi connectivity index (χ1n) is 11.7. The van der Waals surface area contributed by atoms with Crippen molar-refractivity contribution >= 4 is 23.9 Å². The lowest BCUT2D eigenvalue weighted by Gasteiger charge is -2.38. The summed E-state index contributed by atoms with van der Waals surface area (Å²) in [5, 5.41) is 6.30. The fourth-order valence-electron chi connectivity index (χ4n) is 4.07. The molecule has 2 aliphatic rings. The number of carbonyl (C=O) groups is 2. The van der Waals surface area contributed by atoms with E-state index in [-0.39, 0.29) is 30.9 Å². The quantitative estimate of drug-likeness (QED) is 0.577. The van der Waals surface area contributed by atoms with Crippen molar-refractivity contribution in [1.29, 1.82) is 0 Å². The third-order valence-electron chi connectivity index (χ3n) is 6.00. The standard InChI is InChI=1S/C25H31N5O4/c1-3-34-23(31)13-21(19-8-11-22(33-2)27-14-19)29-25(32)30-15-17(16-30)6-9-20-10-7-18-5-4-12-26-24(18)28-20/h6-11,14,17,21H,3-5,12-13,15-16H2,1-2H3,(H,26,28)(H,29,32)/b9-6+/t21-/m0/s1. The van der Waals surface area contributed by atoms with Crippen LogP contribution >= 0.6 is 0 Å². The molecule has 4 rings (SSSR count). The van der Waals surface area contributed by atoms with Crippen molar-refractivity contribution in [3.63, 3.8) is 0 Å². The number of rotatable bonds is 8. The molecule has 0 unspecified atom stereocenters. The smallest absolute Gasteiger partial charge is 0.317 e. The number of hydrogen-bond donors (Lipinski definition) is 2. The Morgan fingerprint density at radius 1 is 1.29 bits per heavy atom. The summed E-state index contributed by atoms with van der Waals surface area (Å²) in [6.45, 7) is 4.22. The van der Waals surface area contributed by atoms with E-state index in [1.54, 1.807) is 30.2 Å². The topological polar surface area (TPSA) is 106 Å². The summed E-state index contributed by atoms with van der Waals surface area (Å²) >= 11 is 0. The minimum atomic E-state index is -0.535. The van der Waals surface area contributed by atoms with Gasteiger partial charge in [0.05, 0.1) is 31.9 Å². The highest BCUT2D eigenvalue weighted by molar-refractivity contribution is 5.77. The molecule has 34 heavy (non-hydrogen) atoms. The molecule has 1 atom stereocenters. The molecule has 0 spiro atoms. The molecule has 0 radical (unpaired) electrons. The van der Waals surface area contributed by atoms with Crippen molar-refractivity contribution in [2.45, 2.75) is 32.2 Å². The number of anilines is 1. The van der Waals surface area contributed by atoms with Crippen LogP contribution < -0.4 is 15.4 Å². The van der Waals surface area contributed by atoms with Crippen LogP contribution in [-0.4, -0.2) is 60.2 Å². The second-order valence-electron chi connectivity index (χ2n) is 8.44. The van der Waals surface area contributed by atoms with Gasteiger partial charge >= 0.3 is 12.0 Å². The lowest BCUT2D eigenvalue weighted by molar-refractivity contribution is -0.143. The van der Waals surface area contributed by atoms with Crippen molar-refractivity contribution in [2.24, 2.45) is 5.92 Å². The Kier molecular flexibility index (Phi) is 7.61. The molecule has 2 aliphatic heterocycles. The number of carbonyl (C=O) groups excluding carboxylic acids is 2. The number of esters is 1. The number of fused-ring (bicyclic) bond motifs is 1. The van der Waals surface area contributed by atoms with Gasteiger partial charge in [-0.25, -0.2) is 14.8 Å². The number of pyridine rings is 2. The Balaban J connectivity index is 1.32. The summed E-state index contributed by atoms with van der Waals surface area (Å²) in [6.07, 6.45) is 7.96. The number of hydrogen-bond acceptors (Lipinski definition) is 7. The van der Waals surface area contributed by atoms with Gasteiger partial charge in [-0.2, -0.15) is 0 Å². The summed E-state index contributed by atoms with van der Waals surface area (Å²) in [5.41, 5.74) is 2.89. The van der Waals surface area contributed by atoms with Crippen LogP contribution in [0.5, 0.6) is 5.88 Å². The maximum atomic E-state index is 12.8. The SMILES string of the molecule is CCOC(=O)C[C@H](NC(=O)N1CC(/C=C/c2ccc3c(n2)NCCC3)C1)c1ccc(OC)nc1. The molecule has 0 aliphatic carbocycles. The van der Waals surface area contributed by atoms with Gasteiger partial charge in [0.15, 0.2) is 0 Å². The molecular weight excluding hydrogens is 434 g/mol. The lowest BCUT2D eigenvalue weighted by atomic mass is 9.99. The molecule has 0 aromatic carbocycles. The first-order valence-corrected chi connectivity index (χ1v) is 11.7. The number of nitrogens with one attached hydrogen (secondary N) is 2. The van der Waals surface area contributed by atoms with Crippen LogP contribution in [0.25, 0.3) is 6.08 Å². The highest BCUT2D eigenvalue weighted by atomic mass is 16.5. The number of likely N-dealkylation sites (tertiary alicyclic amines) is 1. The van der Waals surface area contributed by atoms with Crippen molar-refractivity contribution in [2.75, 3.05) is 38.7 Å². The summed E-state index contributed by atoms with van der Waals surface area (Å²) in [4.78, 5) is 35.5. The minimum Gasteiger partial charge on any atom is -0.481 e. The average molecular weight is 466 g/mol. The molecule has 4 heterocycles. The number of amides is 2. The normalized spacial score (nSPS) is 16.2. The minimum absolute atomic E-state index is 0.0305. The zero-order chi connectivity index (χ0) is 23.9. The van der Waals surface area contributed by atoms with E-state index < -0.39 is 6.04 Å². The van der Waals surface area contributed by atoms with E-state index in [1.165, 1.54) is 12.7 Å². The molecule has 2 N–H and O–H groups in total. The van der Waals surface area contributed by atoms with Crippen LogP contribution in [-0.2, 0) is 16.0 Å². The molecule has 2 aromatic heterocycles. The van der Waals surface area contributed by atoms with E-state index in [0.29, 0.717) is 24.5 Å². The largest absolute Gasteiger partial charge is 0.481 e. The van der Waals surface area contributed by atoms with Crippen LogP contribution in [0, 0.1) is 5.92 Å². The van der Waals surface area contributed by atoms with Gasteiger partial charge < -0.3 is 25.0 Å². The van der Waals surface area contributed by atoms with Crippen LogP contribution in [0.1, 0.15) is 42.6 Å². The highest BCUT2D eigenvalue weighted by Gasteiger charge is 2.31. The maximum absolute atomic E-state index is 12.8. The van der Waals surface area contributed by atoms with Gasteiger partial charge in [0.2, 0.25) is 5.88 Å². The van der Waals surface area contributed by atoms with Crippen LogP contribution in [0.4, 0.5) is 10.6 Å². The zero-order valence-electron chi connectivity index (χ0n) is 19.6.